The molecule has 0 aliphatic heterocycles. The van der Waals surface area contributed by atoms with Crippen LogP contribution >= 0.6 is 0 Å². The molecule has 0 radical (unpaired) electrons. The highest BCUT2D eigenvalue weighted by Gasteiger charge is 2.27. The molecule has 8 nitrogen and oxygen atoms in total. The molecule has 0 saturated heterocycles. The lowest BCUT2D eigenvalue weighted by Gasteiger charge is -2.22. The Bertz CT molecular complexity index is 779. The number of aromatic nitrogens is 4. The number of rotatable bonds is 6. The summed E-state index contributed by atoms with van der Waals surface area (Å²) in [6, 6.07) is 0.215. The summed E-state index contributed by atoms with van der Waals surface area (Å²) in [5.41, 5.74) is 6.55. The third-order valence-electron chi connectivity index (χ3n) is 4.78. The van der Waals surface area contributed by atoms with Crippen LogP contribution in [0, 0.1) is 5.92 Å². The zero-order chi connectivity index (χ0) is 17.8. The lowest BCUT2D eigenvalue weighted by atomic mass is 9.96. The molecule has 2 aromatic rings. The first kappa shape index (κ1) is 17.1. The Morgan fingerprint density at radius 2 is 2.24 bits per heavy atom. The first-order valence-corrected chi connectivity index (χ1v) is 8.40. The molecule has 1 fully saturated rings. The summed E-state index contributed by atoms with van der Waals surface area (Å²) in [4.78, 5) is 23.5. The van der Waals surface area contributed by atoms with Gasteiger partial charge in [-0.25, -0.2) is 14.8 Å². The average molecular weight is 342 g/mol. The van der Waals surface area contributed by atoms with Gasteiger partial charge in [-0.15, -0.1) is 0 Å². The number of aromatic carboxylic acids is 1. The molecule has 0 amide bonds. The third kappa shape index (κ3) is 3.52. The number of hydrogen-bond acceptors (Lipinski definition) is 6. The van der Waals surface area contributed by atoms with Crippen LogP contribution in [0.3, 0.4) is 0 Å². The number of carboxylic acid groups (broad SMARTS) is 1. The quantitative estimate of drug-likeness (QED) is 0.778. The van der Waals surface area contributed by atoms with Crippen LogP contribution in [0.15, 0.2) is 23.7 Å². The van der Waals surface area contributed by atoms with Gasteiger partial charge in [0.15, 0.2) is 0 Å². The maximum atomic E-state index is 11.5. The lowest BCUT2D eigenvalue weighted by Crippen LogP contribution is -2.18. The highest BCUT2D eigenvalue weighted by atomic mass is 16.4. The van der Waals surface area contributed by atoms with Gasteiger partial charge in [0.2, 0.25) is 0 Å². The molecule has 1 atom stereocenters. The number of nitrogens with zero attached hydrogens (tertiary/aromatic N) is 5. The monoisotopic (exact) mass is 342 g/mol. The largest absolute Gasteiger partial charge is 0.477 e. The van der Waals surface area contributed by atoms with Crippen molar-refractivity contribution in [1.82, 2.24) is 19.7 Å². The van der Waals surface area contributed by atoms with Gasteiger partial charge in [-0.2, -0.15) is 5.10 Å². The Labute approximate surface area is 145 Å². The van der Waals surface area contributed by atoms with Crippen LogP contribution < -0.4 is 5.73 Å². The minimum Gasteiger partial charge on any atom is -0.477 e. The molecular formula is C17H22N6O2. The SMILES string of the molecule is CN=CC[C@H](C1CCCC1)n1cc(-c2ncnc(N)c2C(=O)O)cn1. The van der Waals surface area contributed by atoms with Crippen molar-refractivity contribution in [2.45, 2.75) is 38.1 Å². The summed E-state index contributed by atoms with van der Waals surface area (Å²) in [7, 11) is 1.77. The first-order chi connectivity index (χ1) is 12.1. The highest BCUT2D eigenvalue weighted by molar-refractivity contribution is 5.99. The van der Waals surface area contributed by atoms with E-state index >= 15 is 0 Å². The van der Waals surface area contributed by atoms with E-state index in [2.05, 4.69) is 20.1 Å². The van der Waals surface area contributed by atoms with Crippen LogP contribution in [0.2, 0.25) is 0 Å². The van der Waals surface area contributed by atoms with Crippen molar-refractivity contribution in [3.8, 4) is 11.3 Å². The molecule has 2 heterocycles. The van der Waals surface area contributed by atoms with E-state index in [0.717, 1.165) is 6.42 Å². The predicted molar refractivity (Wildman–Crippen MR) is 94.7 cm³/mol. The minimum atomic E-state index is -1.15. The van der Waals surface area contributed by atoms with E-state index in [1.54, 1.807) is 13.2 Å². The van der Waals surface area contributed by atoms with Crippen molar-refractivity contribution in [2.75, 3.05) is 12.8 Å². The number of carboxylic acids is 1. The Balaban J connectivity index is 1.96. The van der Waals surface area contributed by atoms with Gasteiger partial charge in [0.1, 0.15) is 17.7 Å². The molecule has 25 heavy (non-hydrogen) atoms. The van der Waals surface area contributed by atoms with Gasteiger partial charge in [0, 0.05) is 31.4 Å². The summed E-state index contributed by atoms with van der Waals surface area (Å²) in [6.45, 7) is 0. The van der Waals surface area contributed by atoms with Crippen molar-refractivity contribution in [2.24, 2.45) is 10.9 Å². The van der Waals surface area contributed by atoms with E-state index in [1.165, 1.54) is 32.0 Å². The van der Waals surface area contributed by atoms with Crippen molar-refractivity contribution in [3.05, 3.63) is 24.3 Å². The normalized spacial score (nSPS) is 16.5. The van der Waals surface area contributed by atoms with Crippen LogP contribution in [-0.2, 0) is 0 Å². The molecule has 1 aliphatic rings. The van der Waals surface area contributed by atoms with Crippen LogP contribution in [0.5, 0.6) is 0 Å². The predicted octanol–water partition coefficient (Wildman–Crippen LogP) is 2.44. The second-order valence-electron chi connectivity index (χ2n) is 6.29. The molecule has 0 unspecified atom stereocenters. The molecule has 8 heteroatoms. The first-order valence-electron chi connectivity index (χ1n) is 8.40. The van der Waals surface area contributed by atoms with Gasteiger partial charge in [-0.1, -0.05) is 12.8 Å². The average Bonchev–Trinajstić information content (AvgIpc) is 3.27. The molecule has 0 bridgehead atoms. The number of nitrogens with two attached hydrogens (primary N) is 1. The van der Waals surface area contributed by atoms with Gasteiger partial charge in [0.05, 0.1) is 17.9 Å². The standard InChI is InChI=1S/C17H22N6O2/c1-19-7-6-13(11-4-2-3-5-11)23-9-12(8-22-23)15-14(17(24)25)16(18)21-10-20-15/h7-11,13H,2-6H2,1H3,(H,24,25)(H2,18,20,21)/t13-/m1/s1. The number of anilines is 1. The topological polar surface area (TPSA) is 119 Å². The molecule has 132 valence electrons. The smallest absolute Gasteiger partial charge is 0.341 e. The molecule has 1 saturated carbocycles. The highest BCUT2D eigenvalue weighted by Crippen LogP contribution is 2.36. The third-order valence-corrected chi connectivity index (χ3v) is 4.78. The fourth-order valence-electron chi connectivity index (χ4n) is 3.54. The summed E-state index contributed by atoms with van der Waals surface area (Å²) in [6.07, 6.45) is 12.3. The molecule has 2 aromatic heterocycles. The fourth-order valence-corrected chi connectivity index (χ4v) is 3.54. The van der Waals surface area contributed by atoms with E-state index in [1.807, 2.05) is 17.1 Å². The molecule has 3 N–H and O–H groups in total. The second kappa shape index (κ2) is 7.42. The minimum absolute atomic E-state index is 0.0456. The number of nitrogen functional groups attached to an aromatic ring is 1. The van der Waals surface area contributed by atoms with Gasteiger partial charge < -0.3 is 15.8 Å². The van der Waals surface area contributed by atoms with E-state index < -0.39 is 5.97 Å². The Kier molecular flexibility index (Phi) is 5.06. The van der Waals surface area contributed by atoms with E-state index in [-0.39, 0.29) is 17.4 Å². The van der Waals surface area contributed by atoms with Gasteiger partial charge >= 0.3 is 5.97 Å². The van der Waals surface area contributed by atoms with Gasteiger partial charge in [0.25, 0.3) is 0 Å². The Morgan fingerprint density at radius 1 is 1.48 bits per heavy atom. The van der Waals surface area contributed by atoms with Crippen molar-refractivity contribution in [3.63, 3.8) is 0 Å². The summed E-state index contributed by atoms with van der Waals surface area (Å²) < 4.78 is 1.91. The van der Waals surface area contributed by atoms with E-state index in [9.17, 15) is 9.90 Å². The van der Waals surface area contributed by atoms with E-state index in [0.29, 0.717) is 17.2 Å². The Morgan fingerprint density at radius 3 is 2.92 bits per heavy atom. The summed E-state index contributed by atoms with van der Waals surface area (Å²) in [5, 5.41) is 13.9. The zero-order valence-corrected chi connectivity index (χ0v) is 14.2. The molecule has 1 aliphatic carbocycles. The number of hydrogen-bond donors (Lipinski definition) is 2. The van der Waals surface area contributed by atoms with E-state index in [4.69, 9.17) is 5.73 Å². The van der Waals surface area contributed by atoms with Gasteiger partial charge in [-0.3, -0.25) is 4.68 Å². The second-order valence-corrected chi connectivity index (χ2v) is 6.29. The molecular weight excluding hydrogens is 320 g/mol. The Hall–Kier alpha value is -2.77. The fraction of sp³-hybridized carbons (Fsp3) is 0.471. The maximum Gasteiger partial charge on any atom is 0.341 e. The summed E-state index contributed by atoms with van der Waals surface area (Å²) >= 11 is 0. The lowest BCUT2D eigenvalue weighted by molar-refractivity contribution is 0.0698. The maximum absolute atomic E-state index is 11.5. The number of aliphatic imine (C=N–C) groups is 1. The van der Waals surface area contributed by atoms with Gasteiger partial charge in [-0.05, 0) is 18.8 Å². The van der Waals surface area contributed by atoms with Crippen LogP contribution in [-0.4, -0.2) is 44.1 Å². The van der Waals surface area contributed by atoms with Crippen molar-refractivity contribution < 1.29 is 9.90 Å². The van der Waals surface area contributed by atoms with Crippen molar-refractivity contribution >= 4 is 18.0 Å². The van der Waals surface area contributed by atoms with Crippen molar-refractivity contribution in [1.29, 1.82) is 0 Å². The molecule has 0 spiro atoms. The zero-order valence-electron chi connectivity index (χ0n) is 14.2. The van der Waals surface area contributed by atoms with Crippen LogP contribution in [0.4, 0.5) is 5.82 Å². The van der Waals surface area contributed by atoms with Crippen LogP contribution in [0.25, 0.3) is 11.3 Å². The van der Waals surface area contributed by atoms with Crippen LogP contribution in [0.1, 0.15) is 48.5 Å². The summed E-state index contributed by atoms with van der Waals surface area (Å²) in [5.74, 6) is -0.637. The number of carbonyl (C=O) groups is 1. The molecule has 3 rings (SSSR count). The molecule has 0 aromatic carbocycles.